The van der Waals surface area contributed by atoms with Gasteiger partial charge in [0.2, 0.25) is 11.5 Å². The summed E-state index contributed by atoms with van der Waals surface area (Å²) in [5, 5.41) is 5.61. The molecule has 1 aromatic heterocycles. The van der Waals surface area contributed by atoms with Gasteiger partial charge in [0.15, 0.2) is 0 Å². The zero-order valence-corrected chi connectivity index (χ0v) is 20.7. The molecule has 188 valence electrons. The molecule has 3 N–H and O–H groups in total. The molecule has 10 heteroatoms. The van der Waals surface area contributed by atoms with E-state index in [0.29, 0.717) is 17.7 Å². The van der Waals surface area contributed by atoms with Crippen molar-refractivity contribution < 1.29 is 22.5 Å². The van der Waals surface area contributed by atoms with Crippen LogP contribution in [0.25, 0.3) is 21.7 Å². The van der Waals surface area contributed by atoms with Gasteiger partial charge in [-0.05, 0) is 71.6 Å². The predicted molar refractivity (Wildman–Crippen MR) is 138 cm³/mol. The number of fused-ring (bicyclic) bond motifs is 2. The van der Waals surface area contributed by atoms with E-state index in [1.165, 1.54) is 25.3 Å². The van der Waals surface area contributed by atoms with Gasteiger partial charge in [-0.15, -0.1) is 0 Å². The van der Waals surface area contributed by atoms with Crippen molar-refractivity contribution in [1.82, 2.24) is 15.2 Å². The maximum absolute atomic E-state index is 12.1. The van der Waals surface area contributed by atoms with Crippen LogP contribution in [0, 0.1) is 0 Å². The number of ether oxygens (including phenoxy) is 1. The summed E-state index contributed by atoms with van der Waals surface area (Å²) >= 11 is 0. The van der Waals surface area contributed by atoms with Gasteiger partial charge in [0.25, 0.3) is 10.1 Å². The summed E-state index contributed by atoms with van der Waals surface area (Å²) < 4.78 is 35.9. The quantitative estimate of drug-likeness (QED) is 0.353. The molecule has 0 bridgehead atoms. The first-order chi connectivity index (χ1) is 17.2. The van der Waals surface area contributed by atoms with Gasteiger partial charge in [-0.3, -0.25) is 14.1 Å². The fraction of sp³-hybridized carbons (Fsp3) is 0.231. The van der Waals surface area contributed by atoms with Crippen molar-refractivity contribution in [3.8, 4) is 5.75 Å². The number of carbonyl (C=O) groups excluding carboxylic acids is 1. The number of likely N-dealkylation sites (tertiary alicyclic amines) is 1. The molecule has 0 spiro atoms. The number of amides is 1. The second-order valence-corrected chi connectivity index (χ2v) is 9.91. The van der Waals surface area contributed by atoms with Crippen molar-refractivity contribution >= 4 is 37.7 Å². The Morgan fingerprint density at radius 2 is 1.72 bits per heavy atom. The summed E-state index contributed by atoms with van der Waals surface area (Å²) in [5.74, 6) is 0.786. The van der Waals surface area contributed by atoms with E-state index in [4.69, 9.17) is 9.29 Å². The average Bonchev–Trinajstić information content (AvgIpc) is 3.21. The lowest BCUT2D eigenvalue weighted by molar-refractivity contribution is -0.129. The topological polar surface area (TPSA) is 129 Å². The Kier molecular flexibility index (Phi) is 7.39. The van der Waals surface area contributed by atoms with E-state index < -0.39 is 10.1 Å². The van der Waals surface area contributed by atoms with Gasteiger partial charge in [-0.2, -0.15) is 8.42 Å². The first kappa shape index (κ1) is 25.4. The Morgan fingerprint density at radius 1 is 1.00 bits per heavy atom. The first-order valence-electron chi connectivity index (χ1n) is 11.3. The highest BCUT2D eigenvalue weighted by Gasteiger charge is 2.29. The van der Waals surface area contributed by atoms with E-state index in [0.717, 1.165) is 34.8 Å². The number of H-pyrrole nitrogens is 1. The van der Waals surface area contributed by atoms with E-state index in [-0.39, 0.29) is 22.4 Å². The molecule has 1 aliphatic heterocycles. The van der Waals surface area contributed by atoms with E-state index in [1.807, 2.05) is 36.2 Å². The summed E-state index contributed by atoms with van der Waals surface area (Å²) in [7, 11) is -0.807. The number of nitrogens with one attached hydrogen (secondary N) is 2. The van der Waals surface area contributed by atoms with Crippen LogP contribution in [-0.4, -0.2) is 55.5 Å². The third-order valence-corrected chi connectivity index (χ3v) is 6.98. The van der Waals surface area contributed by atoms with E-state index in [1.54, 1.807) is 24.3 Å². The van der Waals surface area contributed by atoms with Gasteiger partial charge in [0.1, 0.15) is 5.75 Å². The molecule has 5 rings (SSSR count). The van der Waals surface area contributed by atoms with Crippen molar-refractivity contribution in [1.29, 1.82) is 0 Å². The van der Waals surface area contributed by atoms with Crippen molar-refractivity contribution in [2.24, 2.45) is 0 Å². The summed E-state index contributed by atoms with van der Waals surface area (Å²) in [6, 6.07) is 18.9. The molecule has 0 radical (unpaired) electrons. The zero-order chi connectivity index (χ0) is 25.9. The summed E-state index contributed by atoms with van der Waals surface area (Å²) in [6.45, 7) is 1.36. The van der Waals surface area contributed by atoms with Crippen molar-refractivity contribution in [3.63, 3.8) is 0 Å². The lowest BCUT2D eigenvalue weighted by Gasteiger charge is -2.17. The number of hydrogen-bond donors (Lipinski definition) is 3. The Morgan fingerprint density at radius 3 is 2.42 bits per heavy atom. The van der Waals surface area contributed by atoms with Crippen LogP contribution in [0.3, 0.4) is 0 Å². The summed E-state index contributed by atoms with van der Waals surface area (Å²) in [4.78, 5) is 28.0. The smallest absolute Gasteiger partial charge is 0.294 e. The molecule has 0 unspecified atom stereocenters. The largest absolute Gasteiger partial charge is 0.497 e. The standard InChI is InChI=1S/C15H17N3O2.C11H10O4S/c1-16-12-6-7-18(15(12)20)9-10-2-3-11-4-5-14(19)17-13(11)8-10;1-15-10-4-2-8-3-5-11(16(12,13)14)7-9(8)6-10/h2-5,8,12,16H,6-7,9H2,1H3,(H,17,19);2-7H,1H3,(H,12,13,14)/t12-;/m0./s1. The molecule has 1 atom stereocenters. The molecular weight excluding hydrogens is 482 g/mol. The molecule has 2 heterocycles. The van der Waals surface area contributed by atoms with E-state index >= 15 is 0 Å². The van der Waals surface area contributed by atoms with Crippen molar-refractivity contribution in [2.75, 3.05) is 20.7 Å². The minimum absolute atomic E-state index is 0.0599. The normalized spacial score (nSPS) is 15.7. The number of rotatable bonds is 5. The molecule has 4 aromatic rings. The molecule has 36 heavy (non-hydrogen) atoms. The predicted octanol–water partition coefficient (Wildman–Crippen LogP) is 2.94. The van der Waals surface area contributed by atoms with Crippen LogP contribution in [0.2, 0.25) is 0 Å². The molecule has 0 aliphatic carbocycles. The molecular formula is C26H27N3O6S. The number of nitrogens with zero attached hydrogens (tertiary/aromatic N) is 1. The van der Waals surface area contributed by atoms with Crippen LogP contribution >= 0.6 is 0 Å². The molecule has 3 aromatic carbocycles. The van der Waals surface area contributed by atoms with Crippen LogP contribution in [0.5, 0.6) is 5.75 Å². The number of pyridine rings is 1. The monoisotopic (exact) mass is 509 g/mol. The number of benzene rings is 3. The van der Waals surface area contributed by atoms with Gasteiger partial charge in [-0.1, -0.05) is 24.3 Å². The molecule has 9 nitrogen and oxygen atoms in total. The van der Waals surface area contributed by atoms with Gasteiger partial charge >= 0.3 is 0 Å². The molecule has 1 fully saturated rings. The Hall–Kier alpha value is -3.73. The van der Waals surface area contributed by atoms with Crippen LogP contribution < -0.4 is 15.6 Å². The van der Waals surface area contributed by atoms with E-state index in [9.17, 15) is 18.0 Å². The highest BCUT2D eigenvalue weighted by molar-refractivity contribution is 7.85. The van der Waals surface area contributed by atoms with Crippen LogP contribution in [0.1, 0.15) is 12.0 Å². The first-order valence-corrected chi connectivity index (χ1v) is 12.8. The lowest BCUT2D eigenvalue weighted by Crippen LogP contribution is -2.35. The van der Waals surface area contributed by atoms with Crippen molar-refractivity contribution in [3.05, 3.63) is 82.6 Å². The molecule has 0 saturated carbocycles. The van der Waals surface area contributed by atoms with Gasteiger partial charge in [0.05, 0.1) is 18.0 Å². The third-order valence-electron chi connectivity index (χ3n) is 6.13. The zero-order valence-electron chi connectivity index (χ0n) is 19.9. The second kappa shape index (κ2) is 10.5. The minimum atomic E-state index is -4.15. The maximum Gasteiger partial charge on any atom is 0.294 e. The Labute approximate surface area is 208 Å². The molecule has 1 saturated heterocycles. The molecule has 1 amide bonds. The number of hydrogen-bond acceptors (Lipinski definition) is 6. The summed E-state index contributed by atoms with van der Waals surface area (Å²) in [5.41, 5.74) is 1.73. The fourth-order valence-corrected chi connectivity index (χ4v) is 4.69. The number of aromatic amines is 1. The van der Waals surface area contributed by atoms with Gasteiger partial charge < -0.3 is 19.9 Å². The fourth-order valence-electron chi connectivity index (χ4n) is 4.17. The Bertz CT molecular complexity index is 1580. The maximum atomic E-state index is 12.1. The molecule has 1 aliphatic rings. The van der Waals surface area contributed by atoms with Crippen LogP contribution in [-0.2, 0) is 21.5 Å². The number of aromatic nitrogens is 1. The number of carbonyl (C=O) groups is 1. The highest BCUT2D eigenvalue weighted by Crippen LogP contribution is 2.23. The minimum Gasteiger partial charge on any atom is -0.497 e. The highest BCUT2D eigenvalue weighted by atomic mass is 32.2. The lowest BCUT2D eigenvalue weighted by atomic mass is 10.1. The SMILES string of the molecule is CN[C@H]1CCN(Cc2ccc3ccc(=O)[nH]c3c2)C1=O.COc1ccc2ccc(S(=O)(=O)O)cc2c1. The van der Waals surface area contributed by atoms with E-state index in [2.05, 4.69) is 10.3 Å². The summed E-state index contributed by atoms with van der Waals surface area (Å²) in [6.07, 6.45) is 0.847. The number of methoxy groups -OCH3 is 1. The third kappa shape index (κ3) is 5.73. The number of likely N-dealkylation sites (N-methyl/N-ethyl adjacent to an activating group) is 1. The Balaban J connectivity index is 0.000000174. The van der Waals surface area contributed by atoms with Gasteiger partial charge in [0, 0.05) is 24.7 Å². The van der Waals surface area contributed by atoms with Gasteiger partial charge in [-0.25, -0.2) is 0 Å². The van der Waals surface area contributed by atoms with Crippen molar-refractivity contribution in [2.45, 2.75) is 23.9 Å². The second-order valence-electron chi connectivity index (χ2n) is 8.48. The average molecular weight is 510 g/mol. The van der Waals surface area contributed by atoms with Crippen LogP contribution in [0.15, 0.2) is 76.4 Å². The van der Waals surface area contributed by atoms with Crippen LogP contribution in [0.4, 0.5) is 0 Å².